The second kappa shape index (κ2) is 2.25. The van der Waals surface area contributed by atoms with Crippen LogP contribution in [0.1, 0.15) is 26.7 Å². The minimum atomic E-state index is 0.447. The third-order valence-electron chi connectivity index (χ3n) is 1.76. The normalized spacial score (nSPS) is 25.3. The van der Waals surface area contributed by atoms with Crippen LogP contribution < -0.4 is 5.32 Å². The van der Waals surface area contributed by atoms with Crippen LogP contribution in [0.3, 0.4) is 0 Å². The van der Waals surface area contributed by atoms with E-state index in [9.17, 15) is 0 Å². The summed E-state index contributed by atoms with van der Waals surface area (Å²) < 4.78 is 0. The number of hydrogen-bond acceptors (Lipinski definition) is 1. The van der Waals surface area contributed by atoms with Gasteiger partial charge in [-0.25, -0.2) is 0 Å². The Kier molecular flexibility index (Phi) is 1.75. The zero-order valence-corrected chi connectivity index (χ0v) is 6.85. The van der Waals surface area contributed by atoms with Gasteiger partial charge in [-0.2, -0.15) is 0 Å². The fourth-order valence-electron chi connectivity index (χ4n) is 1.13. The first-order valence-corrected chi connectivity index (χ1v) is 3.78. The average Bonchev–Trinajstić information content (AvgIpc) is 1.60. The van der Waals surface area contributed by atoms with Crippen LogP contribution >= 0.6 is 12.2 Å². The third kappa shape index (κ3) is 1.94. The van der Waals surface area contributed by atoms with E-state index < -0.39 is 0 Å². The van der Waals surface area contributed by atoms with E-state index in [-0.39, 0.29) is 0 Å². The Hall–Kier alpha value is -0.110. The second-order valence-electron chi connectivity index (χ2n) is 3.44. The molecule has 0 radical (unpaired) electrons. The van der Waals surface area contributed by atoms with Crippen molar-refractivity contribution in [2.24, 2.45) is 5.41 Å². The molecule has 1 N–H and O–H groups in total. The molecule has 1 saturated heterocycles. The van der Waals surface area contributed by atoms with E-state index in [0.717, 1.165) is 18.0 Å². The molecule has 2 heteroatoms. The molecule has 9 heavy (non-hydrogen) atoms. The maximum Gasteiger partial charge on any atom is 0.0758 e. The molecule has 0 bridgehead atoms. The second-order valence-corrected chi connectivity index (χ2v) is 3.93. The first-order valence-electron chi connectivity index (χ1n) is 3.37. The average molecular weight is 143 g/mol. The molecule has 0 atom stereocenters. The minimum absolute atomic E-state index is 0.447. The fraction of sp³-hybridized carbons (Fsp3) is 0.857. The van der Waals surface area contributed by atoms with Crippen LogP contribution in [0.15, 0.2) is 0 Å². The highest BCUT2D eigenvalue weighted by Crippen LogP contribution is 2.27. The molecule has 1 nitrogen and oxygen atoms in total. The highest BCUT2D eigenvalue weighted by atomic mass is 32.1. The maximum atomic E-state index is 5.04. The molecule has 1 aliphatic rings. The van der Waals surface area contributed by atoms with Crippen LogP contribution in [0.5, 0.6) is 0 Å². The standard InChI is InChI=1S/C7H13NS/c1-7(2)3-4-8-6(9)5-7/h3-5H2,1-2H3,(H,8,9). The van der Waals surface area contributed by atoms with Gasteiger partial charge in [-0.1, -0.05) is 26.1 Å². The quantitative estimate of drug-likeness (QED) is 0.518. The lowest BCUT2D eigenvalue weighted by molar-refractivity contribution is 0.329. The predicted molar refractivity (Wildman–Crippen MR) is 43.6 cm³/mol. The van der Waals surface area contributed by atoms with E-state index in [0.29, 0.717) is 5.41 Å². The number of rotatable bonds is 0. The van der Waals surface area contributed by atoms with Gasteiger partial charge in [0.25, 0.3) is 0 Å². The van der Waals surface area contributed by atoms with Gasteiger partial charge in [0.05, 0.1) is 4.99 Å². The zero-order valence-electron chi connectivity index (χ0n) is 6.03. The molecule has 0 spiro atoms. The number of piperidine rings is 1. The molecule has 0 aliphatic carbocycles. The van der Waals surface area contributed by atoms with Gasteiger partial charge < -0.3 is 5.32 Å². The van der Waals surface area contributed by atoms with Crippen molar-refractivity contribution in [1.82, 2.24) is 5.32 Å². The fourth-order valence-corrected chi connectivity index (χ4v) is 1.62. The van der Waals surface area contributed by atoms with Gasteiger partial charge in [0, 0.05) is 13.0 Å². The van der Waals surface area contributed by atoms with Crippen molar-refractivity contribution < 1.29 is 0 Å². The molecule has 0 amide bonds. The molecule has 1 heterocycles. The van der Waals surface area contributed by atoms with Crippen molar-refractivity contribution in [3.8, 4) is 0 Å². The summed E-state index contributed by atoms with van der Waals surface area (Å²) in [7, 11) is 0. The molecule has 0 aromatic carbocycles. The molecule has 0 aromatic heterocycles. The van der Waals surface area contributed by atoms with Crippen molar-refractivity contribution in [2.45, 2.75) is 26.7 Å². The Labute approximate surface area is 61.8 Å². The van der Waals surface area contributed by atoms with Crippen LogP contribution in [0.4, 0.5) is 0 Å². The van der Waals surface area contributed by atoms with Crippen molar-refractivity contribution >= 4 is 17.2 Å². The van der Waals surface area contributed by atoms with Gasteiger partial charge in [0.1, 0.15) is 0 Å². The van der Waals surface area contributed by atoms with Gasteiger partial charge in [-0.05, 0) is 11.8 Å². The van der Waals surface area contributed by atoms with Crippen LogP contribution in [0, 0.1) is 5.41 Å². The van der Waals surface area contributed by atoms with E-state index in [2.05, 4.69) is 19.2 Å². The van der Waals surface area contributed by atoms with Gasteiger partial charge in [0.2, 0.25) is 0 Å². The summed E-state index contributed by atoms with van der Waals surface area (Å²) in [4.78, 5) is 1.03. The third-order valence-corrected chi connectivity index (χ3v) is 2.05. The molecular formula is C7H13NS. The first kappa shape index (κ1) is 7.00. The molecule has 1 fully saturated rings. The monoisotopic (exact) mass is 143 g/mol. The van der Waals surface area contributed by atoms with E-state index in [1.54, 1.807) is 0 Å². The van der Waals surface area contributed by atoms with Crippen LogP contribution in [0.25, 0.3) is 0 Å². The smallest absolute Gasteiger partial charge is 0.0758 e. The molecule has 1 rings (SSSR count). The topological polar surface area (TPSA) is 12.0 Å². The van der Waals surface area contributed by atoms with Crippen molar-refractivity contribution in [3.05, 3.63) is 0 Å². The minimum Gasteiger partial charge on any atom is -0.380 e. The van der Waals surface area contributed by atoms with Crippen molar-refractivity contribution in [1.29, 1.82) is 0 Å². The summed E-state index contributed by atoms with van der Waals surface area (Å²) in [6.45, 7) is 5.59. The number of nitrogens with one attached hydrogen (secondary N) is 1. The van der Waals surface area contributed by atoms with Gasteiger partial charge in [0.15, 0.2) is 0 Å². The Morgan fingerprint density at radius 2 is 2.22 bits per heavy atom. The van der Waals surface area contributed by atoms with Crippen LogP contribution in [-0.2, 0) is 0 Å². The summed E-state index contributed by atoms with van der Waals surface area (Å²) in [5.41, 5.74) is 0.447. The Balaban J connectivity index is 2.51. The van der Waals surface area contributed by atoms with Gasteiger partial charge in [-0.15, -0.1) is 0 Å². The summed E-state index contributed by atoms with van der Waals surface area (Å²) in [6.07, 6.45) is 2.30. The Morgan fingerprint density at radius 3 is 2.56 bits per heavy atom. The largest absolute Gasteiger partial charge is 0.380 e. The zero-order chi connectivity index (χ0) is 6.91. The van der Waals surface area contributed by atoms with Crippen molar-refractivity contribution in [2.75, 3.05) is 6.54 Å². The van der Waals surface area contributed by atoms with Gasteiger partial charge >= 0.3 is 0 Å². The molecule has 52 valence electrons. The molecular weight excluding hydrogens is 130 g/mol. The number of thiocarbonyl (C=S) groups is 1. The van der Waals surface area contributed by atoms with E-state index >= 15 is 0 Å². The summed E-state index contributed by atoms with van der Waals surface area (Å²) >= 11 is 5.04. The van der Waals surface area contributed by atoms with E-state index in [4.69, 9.17) is 12.2 Å². The lowest BCUT2D eigenvalue weighted by atomic mass is 9.83. The van der Waals surface area contributed by atoms with Crippen LogP contribution in [-0.4, -0.2) is 11.5 Å². The molecule has 0 saturated carbocycles. The Morgan fingerprint density at radius 1 is 1.56 bits per heavy atom. The summed E-state index contributed by atoms with van der Waals surface area (Å²) in [5, 5.41) is 3.17. The van der Waals surface area contributed by atoms with Crippen LogP contribution in [0.2, 0.25) is 0 Å². The number of hydrogen-bond donors (Lipinski definition) is 1. The van der Waals surface area contributed by atoms with E-state index in [1.807, 2.05) is 0 Å². The maximum absolute atomic E-state index is 5.04. The highest BCUT2D eigenvalue weighted by molar-refractivity contribution is 7.80. The molecule has 1 aliphatic heterocycles. The van der Waals surface area contributed by atoms with E-state index in [1.165, 1.54) is 6.42 Å². The lowest BCUT2D eigenvalue weighted by Gasteiger charge is -2.30. The lowest BCUT2D eigenvalue weighted by Crippen LogP contribution is -2.36. The molecule has 0 aromatic rings. The highest BCUT2D eigenvalue weighted by Gasteiger charge is 2.23. The predicted octanol–water partition coefficient (Wildman–Crippen LogP) is 1.72. The first-order chi connectivity index (χ1) is 4.10. The van der Waals surface area contributed by atoms with Gasteiger partial charge in [-0.3, -0.25) is 0 Å². The Bertz CT molecular complexity index is 129. The summed E-state index contributed by atoms with van der Waals surface area (Å²) in [6, 6.07) is 0. The van der Waals surface area contributed by atoms with Crippen molar-refractivity contribution in [3.63, 3.8) is 0 Å². The SMILES string of the molecule is CC1(C)CCNC(=S)C1. The summed E-state index contributed by atoms with van der Waals surface area (Å²) in [5.74, 6) is 0. The molecule has 0 unspecified atom stereocenters.